The second-order valence-corrected chi connectivity index (χ2v) is 4.02. The fourth-order valence-corrected chi connectivity index (χ4v) is 1.90. The Labute approximate surface area is 101 Å². The van der Waals surface area contributed by atoms with Gasteiger partial charge in [-0.1, -0.05) is 19.9 Å². The van der Waals surface area contributed by atoms with Crippen LogP contribution in [0.3, 0.4) is 0 Å². The first-order valence-electron chi connectivity index (χ1n) is 5.77. The molecule has 0 bridgehead atoms. The van der Waals surface area contributed by atoms with Crippen molar-refractivity contribution in [3.05, 3.63) is 29.6 Å². The number of nitrogens with zero attached hydrogens (tertiary/aromatic N) is 1. The van der Waals surface area contributed by atoms with Crippen molar-refractivity contribution in [2.24, 2.45) is 0 Å². The van der Waals surface area contributed by atoms with Crippen molar-refractivity contribution >= 4 is 5.91 Å². The summed E-state index contributed by atoms with van der Waals surface area (Å²) in [5.74, 6) is -1.48. The van der Waals surface area contributed by atoms with Crippen LogP contribution in [0.1, 0.15) is 37.0 Å². The Hall–Kier alpha value is -1.58. The summed E-state index contributed by atoms with van der Waals surface area (Å²) < 4.78 is 13.5. The van der Waals surface area contributed by atoms with Crippen molar-refractivity contribution in [1.82, 2.24) is 4.90 Å². The topological polar surface area (TPSA) is 40.5 Å². The molecule has 0 aromatic heterocycles. The SMILES string of the molecule is CCC(CC)N(C)C(=O)c1c(O)cccc1F. The van der Waals surface area contributed by atoms with E-state index in [1.165, 1.54) is 23.1 Å². The summed E-state index contributed by atoms with van der Waals surface area (Å²) >= 11 is 0. The van der Waals surface area contributed by atoms with Gasteiger partial charge >= 0.3 is 0 Å². The lowest BCUT2D eigenvalue weighted by Gasteiger charge is -2.26. The van der Waals surface area contributed by atoms with Gasteiger partial charge in [-0.2, -0.15) is 0 Å². The Bertz CT molecular complexity index is 382. The zero-order chi connectivity index (χ0) is 13.0. The Morgan fingerprint density at radius 1 is 1.41 bits per heavy atom. The first kappa shape index (κ1) is 13.5. The first-order valence-corrected chi connectivity index (χ1v) is 5.77. The number of carbonyl (C=O) groups is 1. The fourth-order valence-electron chi connectivity index (χ4n) is 1.90. The molecule has 0 saturated heterocycles. The van der Waals surface area contributed by atoms with Gasteiger partial charge in [0.15, 0.2) is 0 Å². The highest BCUT2D eigenvalue weighted by Crippen LogP contribution is 2.22. The van der Waals surface area contributed by atoms with Crippen LogP contribution in [-0.2, 0) is 0 Å². The standard InChI is InChI=1S/C13H18FNO2/c1-4-9(5-2)15(3)13(17)12-10(14)7-6-8-11(12)16/h6-9,16H,4-5H2,1-3H3. The molecule has 3 nitrogen and oxygen atoms in total. The number of hydrogen-bond donors (Lipinski definition) is 1. The molecule has 0 aliphatic carbocycles. The molecule has 1 N–H and O–H groups in total. The highest BCUT2D eigenvalue weighted by atomic mass is 19.1. The van der Waals surface area contributed by atoms with Crippen molar-refractivity contribution in [3.8, 4) is 5.75 Å². The van der Waals surface area contributed by atoms with E-state index in [0.29, 0.717) is 0 Å². The Morgan fingerprint density at radius 3 is 2.47 bits per heavy atom. The van der Waals surface area contributed by atoms with Crippen LogP contribution in [-0.4, -0.2) is 29.0 Å². The molecule has 1 rings (SSSR count). The first-order chi connectivity index (χ1) is 8.02. The third kappa shape index (κ3) is 2.75. The van der Waals surface area contributed by atoms with Crippen LogP contribution in [0, 0.1) is 5.82 Å². The minimum Gasteiger partial charge on any atom is -0.507 e. The normalized spacial score (nSPS) is 10.6. The largest absolute Gasteiger partial charge is 0.507 e. The second-order valence-electron chi connectivity index (χ2n) is 4.02. The monoisotopic (exact) mass is 239 g/mol. The number of halogens is 1. The van der Waals surface area contributed by atoms with E-state index in [-0.39, 0.29) is 17.4 Å². The molecule has 1 aromatic rings. The predicted molar refractivity (Wildman–Crippen MR) is 64.5 cm³/mol. The minimum atomic E-state index is -0.687. The second kappa shape index (κ2) is 5.66. The maximum absolute atomic E-state index is 13.5. The van der Waals surface area contributed by atoms with E-state index in [1.54, 1.807) is 7.05 Å². The maximum atomic E-state index is 13.5. The van der Waals surface area contributed by atoms with Crippen LogP contribution in [0.2, 0.25) is 0 Å². The van der Waals surface area contributed by atoms with E-state index in [9.17, 15) is 14.3 Å². The average molecular weight is 239 g/mol. The number of benzene rings is 1. The number of phenolic OH excluding ortho intramolecular Hbond substituents is 1. The summed E-state index contributed by atoms with van der Waals surface area (Å²) in [6.45, 7) is 3.94. The number of rotatable bonds is 4. The van der Waals surface area contributed by atoms with E-state index < -0.39 is 11.7 Å². The number of aromatic hydroxyl groups is 1. The van der Waals surface area contributed by atoms with Crippen molar-refractivity contribution < 1.29 is 14.3 Å². The number of carbonyl (C=O) groups excluding carboxylic acids is 1. The molecule has 0 spiro atoms. The molecule has 0 unspecified atom stereocenters. The molecule has 0 saturated carbocycles. The van der Waals surface area contributed by atoms with Crippen molar-refractivity contribution in [1.29, 1.82) is 0 Å². The molecule has 0 radical (unpaired) electrons. The number of amides is 1. The summed E-state index contributed by atoms with van der Waals surface area (Å²) in [5.41, 5.74) is -0.248. The lowest BCUT2D eigenvalue weighted by atomic mass is 10.1. The number of phenols is 1. The lowest BCUT2D eigenvalue weighted by Crippen LogP contribution is -2.36. The summed E-state index contributed by atoms with van der Waals surface area (Å²) in [7, 11) is 1.63. The van der Waals surface area contributed by atoms with Crippen LogP contribution >= 0.6 is 0 Å². The van der Waals surface area contributed by atoms with Gasteiger partial charge in [-0.15, -0.1) is 0 Å². The highest BCUT2D eigenvalue weighted by Gasteiger charge is 2.23. The molecule has 0 heterocycles. The Balaban J connectivity index is 3.04. The Kier molecular flexibility index (Phi) is 4.49. The van der Waals surface area contributed by atoms with Gasteiger partial charge < -0.3 is 10.0 Å². The highest BCUT2D eigenvalue weighted by molar-refractivity contribution is 5.97. The summed E-state index contributed by atoms with van der Waals surface area (Å²) in [6, 6.07) is 3.92. The number of hydrogen-bond acceptors (Lipinski definition) is 2. The van der Waals surface area contributed by atoms with Crippen LogP contribution in [0.4, 0.5) is 4.39 Å². The molecule has 0 aliphatic rings. The van der Waals surface area contributed by atoms with Crippen molar-refractivity contribution in [3.63, 3.8) is 0 Å². The molecule has 94 valence electrons. The molecular weight excluding hydrogens is 221 g/mol. The van der Waals surface area contributed by atoms with Crippen LogP contribution in [0.25, 0.3) is 0 Å². The van der Waals surface area contributed by atoms with Gasteiger partial charge in [0.05, 0.1) is 0 Å². The molecule has 0 atom stereocenters. The smallest absolute Gasteiger partial charge is 0.260 e. The zero-order valence-electron chi connectivity index (χ0n) is 10.4. The molecule has 1 amide bonds. The van der Waals surface area contributed by atoms with Crippen LogP contribution < -0.4 is 0 Å². The van der Waals surface area contributed by atoms with Gasteiger partial charge in [-0.25, -0.2) is 4.39 Å². The quantitative estimate of drug-likeness (QED) is 0.877. The van der Waals surface area contributed by atoms with E-state index in [1.807, 2.05) is 13.8 Å². The predicted octanol–water partition coefficient (Wildman–Crippen LogP) is 2.79. The Morgan fingerprint density at radius 2 is 2.00 bits per heavy atom. The van der Waals surface area contributed by atoms with E-state index >= 15 is 0 Å². The molecule has 0 aliphatic heterocycles. The third-order valence-electron chi connectivity index (χ3n) is 3.02. The zero-order valence-corrected chi connectivity index (χ0v) is 10.4. The molecule has 17 heavy (non-hydrogen) atoms. The minimum absolute atomic E-state index is 0.0570. The summed E-state index contributed by atoms with van der Waals surface area (Å²) in [4.78, 5) is 13.6. The van der Waals surface area contributed by atoms with Gasteiger partial charge in [0, 0.05) is 13.1 Å². The molecule has 0 fully saturated rings. The van der Waals surface area contributed by atoms with Gasteiger partial charge in [-0.3, -0.25) is 4.79 Å². The van der Waals surface area contributed by atoms with Gasteiger partial charge in [0.1, 0.15) is 17.1 Å². The van der Waals surface area contributed by atoms with Gasteiger partial charge in [0.25, 0.3) is 5.91 Å². The third-order valence-corrected chi connectivity index (χ3v) is 3.02. The van der Waals surface area contributed by atoms with Crippen LogP contribution in [0.15, 0.2) is 18.2 Å². The van der Waals surface area contributed by atoms with E-state index in [0.717, 1.165) is 12.8 Å². The lowest BCUT2D eigenvalue weighted by molar-refractivity contribution is 0.0715. The summed E-state index contributed by atoms with van der Waals surface area (Å²) in [6.07, 6.45) is 1.60. The van der Waals surface area contributed by atoms with Gasteiger partial charge in [-0.05, 0) is 25.0 Å². The average Bonchev–Trinajstić information content (AvgIpc) is 2.30. The van der Waals surface area contributed by atoms with E-state index in [2.05, 4.69) is 0 Å². The van der Waals surface area contributed by atoms with Crippen LogP contribution in [0.5, 0.6) is 5.75 Å². The van der Waals surface area contributed by atoms with Crippen molar-refractivity contribution in [2.45, 2.75) is 32.7 Å². The van der Waals surface area contributed by atoms with Gasteiger partial charge in [0.2, 0.25) is 0 Å². The maximum Gasteiger partial charge on any atom is 0.260 e. The molecular formula is C13H18FNO2. The molecule has 1 aromatic carbocycles. The van der Waals surface area contributed by atoms with E-state index in [4.69, 9.17) is 0 Å². The molecule has 4 heteroatoms. The fraction of sp³-hybridized carbons (Fsp3) is 0.462. The van der Waals surface area contributed by atoms with Crippen molar-refractivity contribution in [2.75, 3.05) is 7.05 Å². The summed E-state index contributed by atoms with van der Waals surface area (Å²) in [5, 5.41) is 9.55.